The van der Waals surface area contributed by atoms with E-state index in [1.165, 1.54) is 18.4 Å². The van der Waals surface area contributed by atoms with Crippen molar-refractivity contribution in [2.75, 3.05) is 13.1 Å². The number of nitrogens with one attached hydrogen (secondary N) is 1. The van der Waals surface area contributed by atoms with Crippen LogP contribution in [0.2, 0.25) is 0 Å². The Morgan fingerprint density at radius 1 is 1.39 bits per heavy atom. The summed E-state index contributed by atoms with van der Waals surface area (Å²) in [6.45, 7) is 5.40. The third kappa shape index (κ3) is 3.33. The van der Waals surface area contributed by atoms with Crippen molar-refractivity contribution in [3.63, 3.8) is 0 Å². The Labute approximate surface area is 109 Å². The summed E-state index contributed by atoms with van der Waals surface area (Å²) in [4.78, 5) is 14.0. The minimum atomic E-state index is 0.216. The quantitative estimate of drug-likeness (QED) is 0.835. The molecule has 1 aromatic rings. The van der Waals surface area contributed by atoms with Crippen molar-refractivity contribution in [2.45, 2.75) is 38.8 Å². The summed E-state index contributed by atoms with van der Waals surface area (Å²) >= 11 is 0. The molecule has 0 spiro atoms. The lowest BCUT2D eigenvalue weighted by Crippen LogP contribution is -2.40. The van der Waals surface area contributed by atoms with Crippen LogP contribution in [0.1, 0.15) is 38.3 Å². The van der Waals surface area contributed by atoms with E-state index in [1.54, 1.807) is 0 Å². The molecule has 1 N–H and O–H groups in total. The molecule has 0 heterocycles. The molecule has 0 aliphatic heterocycles. The molecule has 1 aliphatic carbocycles. The van der Waals surface area contributed by atoms with Gasteiger partial charge in [-0.25, -0.2) is 0 Å². The van der Waals surface area contributed by atoms with E-state index in [0.29, 0.717) is 12.6 Å². The van der Waals surface area contributed by atoms with Gasteiger partial charge in [-0.05, 0) is 32.3 Å². The third-order valence-corrected chi connectivity index (χ3v) is 3.51. The second-order valence-electron chi connectivity index (χ2n) is 4.92. The molecule has 1 unspecified atom stereocenters. The predicted molar refractivity (Wildman–Crippen MR) is 73.3 cm³/mol. The van der Waals surface area contributed by atoms with Crippen LogP contribution in [0.15, 0.2) is 30.3 Å². The zero-order valence-corrected chi connectivity index (χ0v) is 11.2. The first kappa shape index (κ1) is 13.1. The smallest absolute Gasteiger partial charge is 0.236 e. The van der Waals surface area contributed by atoms with Gasteiger partial charge in [0.2, 0.25) is 5.91 Å². The Kier molecular flexibility index (Phi) is 4.37. The van der Waals surface area contributed by atoms with Crippen LogP contribution in [0.4, 0.5) is 0 Å². The summed E-state index contributed by atoms with van der Waals surface area (Å²) in [7, 11) is 0. The molecule has 1 fully saturated rings. The maximum Gasteiger partial charge on any atom is 0.236 e. The average Bonchev–Trinajstić information content (AvgIpc) is 3.22. The summed E-state index contributed by atoms with van der Waals surface area (Å²) in [5, 5.41) is 3.30. The van der Waals surface area contributed by atoms with Gasteiger partial charge in [0, 0.05) is 18.6 Å². The average molecular weight is 246 g/mol. The van der Waals surface area contributed by atoms with E-state index < -0.39 is 0 Å². The molecule has 2 rings (SSSR count). The summed E-state index contributed by atoms with van der Waals surface area (Å²) in [6, 6.07) is 11.0. The molecule has 3 heteroatoms. The van der Waals surface area contributed by atoms with Crippen LogP contribution in [0, 0.1) is 0 Å². The Hall–Kier alpha value is -1.35. The molecule has 1 saturated carbocycles. The number of rotatable bonds is 6. The fourth-order valence-electron chi connectivity index (χ4n) is 2.23. The highest BCUT2D eigenvalue weighted by atomic mass is 16.2. The van der Waals surface area contributed by atoms with E-state index in [0.717, 1.165) is 6.54 Å². The van der Waals surface area contributed by atoms with Crippen LogP contribution in [0.25, 0.3) is 0 Å². The normalized spacial score (nSPS) is 16.3. The van der Waals surface area contributed by atoms with Gasteiger partial charge < -0.3 is 10.2 Å². The van der Waals surface area contributed by atoms with Gasteiger partial charge in [0.25, 0.3) is 0 Å². The largest absolute Gasteiger partial charge is 0.339 e. The Bertz CT molecular complexity index is 387. The number of hydrogen-bond acceptors (Lipinski definition) is 2. The van der Waals surface area contributed by atoms with Crippen molar-refractivity contribution in [3.05, 3.63) is 35.9 Å². The molecule has 18 heavy (non-hydrogen) atoms. The van der Waals surface area contributed by atoms with Crippen molar-refractivity contribution >= 4 is 5.91 Å². The van der Waals surface area contributed by atoms with Gasteiger partial charge in [-0.15, -0.1) is 0 Å². The van der Waals surface area contributed by atoms with Crippen molar-refractivity contribution in [3.8, 4) is 0 Å². The Balaban J connectivity index is 1.82. The molecule has 1 amide bonds. The zero-order valence-electron chi connectivity index (χ0n) is 11.2. The maximum atomic E-state index is 12.1. The molecule has 3 nitrogen and oxygen atoms in total. The lowest BCUT2D eigenvalue weighted by molar-refractivity contribution is -0.130. The van der Waals surface area contributed by atoms with Crippen LogP contribution < -0.4 is 5.32 Å². The minimum Gasteiger partial charge on any atom is -0.339 e. The van der Waals surface area contributed by atoms with E-state index in [-0.39, 0.29) is 11.9 Å². The molecule has 1 aromatic carbocycles. The van der Waals surface area contributed by atoms with Gasteiger partial charge in [0.1, 0.15) is 0 Å². The fourth-order valence-corrected chi connectivity index (χ4v) is 2.23. The van der Waals surface area contributed by atoms with Crippen LogP contribution in [0.5, 0.6) is 0 Å². The van der Waals surface area contributed by atoms with E-state index in [4.69, 9.17) is 0 Å². The monoisotopic (exact) mass is 246 g/mol. The van der Waals surface area contributed by atoms with Gasteiger partial charge in [-0.3, -0.25) is 4.79 Å². The first-order valence-electron chi connectivity index (χ1n) is 6.80. The highest BCUT2D eigenvalue weighted by Crippen LogP contribution is 2.26. The number of benzene rings is 1. The lowest BCUT2D eigenvalue weighted by atomic mass is 10.1. The van der Waals surface area contributed by atoms with E-state index in [1.807, 2.05) is 23.1 Å². The van der Waals surface area contributed by atoms with Gasteiger partial charge in [-0.1, -0.05) is 30.3 Å². The summed E-state index contributed by atoms with van der Waals surface area (Å²) < 4.78 is 0. The molecular formula is C15H22N2O. The number of hydrogen-bond donors (Lipinski definition) is 1. The number of carbonyl (C=O) groups is 1. The molecule has 0 bridgehead atoms. The predicted octanol–water partition coefficient (Wildman–Crippen LogP) is 2.35. The van der Waals surface area contributed by atoms with Crippen LogP contribution in [0.3, 0.4) is 0 Å². The first-order chi connectivity index (χ1) is 8.72. The van der Waals surface area contributed by atoms with Crippen molar-refractivity contribution < 1.29 is 4.79 Å². The Morgan fingerprint density at radius 3 is 2.61 bits per heavy atom. The van der Waals surface area contributed by atoms with E-state index >= 15 is 0 Å². The molecule has 98 valence electrons. The highest BCUT2D eigenvalue weighted by molar-refractivity contribution is 5.79. The van der Waals surface area contributed by atoms with Crippen LogP contribution in [-0.2, 0) is 4.79 Å². The topological polar surface area (TPSA) is 32.3 Å². The van der Waals surface area contributed by atoms with Crippen molar-refractivity contribution in [1.29, 1.82) is 0 Å². The fraction of sp³-hybridized carbons (Fsp3) is 0.533. The van der Waals surface area contributed by atoms with E-state index in [9.17, 15) is 4.79 Å². The van der Waals surface area contributed by atoms with Crippen molar-refractivity contribution in [2.24, 2.45) is 0 Å². The zero-order chi connectivity index (χ0) is 13.0. The molecular weight excluding hydrogens is 224 g/mol. The number of likely N-dealkylation sites (N-methyl/N-ethyl adjacent to an activating group) is 1. The van der Waals surface area contributed by atoms with Crippen LogP contribution >= 0.6 is 0 Å². The molecule has 0 radical (unpaired) electrons. The lowest BCUT2D eigenvalue weighted by Gasteiger charge is -2.22. The SMILES string of the molecule is CCN(C(=O)CNC(C)c1ccccc1)C1CC1. The van der Waals surface area contributed by atoms with E-state index in [2.05, 4.69) is 31.3 Å². The number of amides is 1. The Morgan fingerprint density at radius 2 is 2.06 bits per heavy atom. The number of carbonyl (C=O) groups excluding carboxylic acids is 1. The highest BCUT2D eigenvalue weighted by Gasteiger charge is 2.30. The molecule has 1 atom stereocenters. The molecule has 0 aromatic heterocycles. The molecule has 0 saturated heterocycles. The van der Waals surface area contributed by atoms with Gasteiger partial charge in [-0.2, -0.15) is 0 Å². The van der Waals surface area contributed by atoms with Gasteiger partial charge in [0.05, 0.1) is 6.54 Å². The minimum absolute atomic E-state index is 0.216. The van der Waals surface area contributed by atoms with Crippen molar-refractivity contribution in [1.82, 2.24) is 10.2 Å². The van der Waals surface area contributed by atoms with Gasteiger partial charge in [0.15, 0.2) is 0 Å². The second kappa shape index (κ2) is 6.01. The first-order valence-corrected chi connectivity index (χ1v) is 6.80. The number of nitrogens with zero attached hydrogens (tertiary/aromatic N) is 1. The summed E-state index contributed by atoms with van der Waals surface area (Å²) in [6.07, 6.45) is 2.35. The standard InChI is InChI=1S/C15H22N2O/c1-3-17(14-9-10-14)15(18)11-16-12(2)13-7-5-4-6-8-13/h4-8,12,14,16H,3,9-11H2,1-2H3. The molecule has 1 aliphatic rings. The maximum absolute atomic E-state index is 12.1. The summed E-state index contributed by atoms with van der Waals surface area (Å²) in [5.74, 6) is 0.225. The summed E-state index contributed by atoms with van der Waals surface area (Å²) in [5.41, 5.74) is 1.22. The second-order valence-corrected chi connectivity index (χ2v) is 4.92. The third-order valence-electron chi connectivity index (χ3n) is 3.51. The van der Waals surface area contributed by atoms with Gasteiger partial charge >= 0.3 is 0 Å². The van der Waals surface area contributed by atoms with Crippen LogP contribution in [-0.4, -0.2) is 29.9 Å².